The summed E-state index contributed by atoms with van der Waals surface area (Å²) in [5, 5.41) is 2.42. The van der Waals surface area contributed by atoms with Gasteiger partial charge in [-0.15, -0.1) is 0 Å². The molecule has 3 heterocycles. The Morgan fingerprint density at radius 3 is 2.52 bits per heavy atom. The van der Waals surface area contributed by atoms with Crippen LogP contribution in [0.4, 0.5) is 10.5 Å². The first-order chi connectivity index (χ1) is 11.8. The van der Waals surface area contributed by atoms with Gasteiger partial charge in [0.25, 0.3) is 5.91 Å². The number of imide groups is 1. The van der Waals surface area contributed by atoms with Crippen LogP contribution in [0.25, 0.3) is 0 Å². The Morgan fingerprint density at radius 2 is 1.80 bits per heavy atom. The van der Waals surface area contributed by atoms with E-state index in [0.29, 0.717) is 5.96 Å². The van der Waals surface area contributed by atoms with Crippen LogP contribution >= 0.6 is 0 Å². The maximum Gasteiger partial charge on any atom is 0.325 e. The molecule has 0 spiro atoms. The summed E-state index contributed by atoms with van der Waals surface area (Å²) in [5.41, 5.74) is 5.43. The van der Waals surface area contributed by atoms with E-state index >= 15 is 0 Å². The van der Waals surface area contributed by atoms with Gasteiger partial charge in [-0.25, -0.2) is 9.79 Å². The van der Waals surface area contributed by atoms with Gasteiger partial charge in [0.2, 0.25) is 5.96 Å². The number of guanidine groups is 1. The highest BCUT2D eigenvalue weighted by atomic mass is 16.2. The van der Waals surface area contributed by atoms with Gasteiger partial charge in [0.05, 0.1) is 5.69 Å². The van der Waals surface area contributed by atoms with E-state index in [9.17, 15) is 9.59 Å². The molecule has 1 aromatic rings. The number of hydrogen-bond acceptors (Lipinski definition) is 5. The molecule has 130 valence electrons. The first-order valence-electron chi connectivity index (χ1n) is 8.31. The number of aryl methyl sites for hydroxylation is 1. The van der Waals surface area contributed by atoms with E-state index in [1.807, 2.05) is 24.8 Å². The summed E-state index contributed by atoms with van der Waals surface area (Å²) in [4.78, 5) is 34.7. The Morgan fingerprint density at radius 1 is 1.08 bits per heavy atom. The summed E-state index contributed by atoms with van der Waals surface area (Å²) in [6.07, 6.45) is -0.507. The van der Waals surface area contributed by atoms with Crippen molar-refractivity contribution in [2.45, 2.75) is 39.9 Å². The molecule has 1 saturated heterocycles. The van der Waals surface area contributed by atoms with Crippen LogP contribution < -0.4 is 10.2 Å². The number of fused-ring (bicyclic) bond motifs is 3. The van der Waals surface area contributed by atoms with Crippen molar-refractivity contribution in [2.24, 2.45) is 4.99 Å². The molecule has 2 atom stereocenters. The predicted molar refractivity (Wildman–Crippen MR) is 94.9 cm³/mol. The molecule has 3 aliphatic rings. The van der Waals surface area contributed by atoms with Crippen LogP contribution in [0.1, 0.15) is 25.0 Å². The Kier molecular flexibility index (Phi) is 3.19. The van der Waals surface area contributed by atoms with E-state index < -0.39 is 18.2 Å². The van der Waals surface area contributed by atoms with Gasteiger partial charge < -0.3 is 4.90 Å². The average Bonchev–Trinajstić information content (AvgIpc) is 3.06. The highest BCUT2D eigenvalue weighted by Crippen LogP contribution is 2.40. The second-order valence-electron chi connectivity index (χ2n) is 6.79. The van der Waals surface area contributed by atoms with E-state index in [1.165, 1.54) is 16.0 Å². The van der Waals surface area contributed by atoms with Crippen molar-refractivity contribution < 1.29 is 9.59 Å². The molecule has 25 heavy (non-hydrogen) atoms. The number of nitrogens with one attached hydrogen (secondary N) is 1. The van der Waals surface area contributed by atoms with Crippen molar-refractivity contribution in [3.63, 3.8) is 0 Å². The molecule has 0 saturated carbocycles. The zero-order valence-electron chi connectivity index (χ0n) is 15.0. The highest BCUT2D eigenvalue weighted by Gasteiger charge is 2.53. The van der Waals surface area contributed by atoms with Crippen LogP contribution in [0.5, 0.6) is 0 Å². The summed E-state index contributed by atoms with van der Waals surface area (Å²) in [5.74, 6) is 0.400. The van der Waals surface area contributed by atoms with Gasteiger partial charge in [-0.05, 0) is 44.9 Å². The van der Waals surface area contributed by atoms with Crippen LogP contribution in [0.15, 0.2) is 34.6 Å². The number of amides is 3. The molecule has 7 nitrogen and oxygen atoms in total. The number of rotatable bonds is 1. The monoisotopic (exact) mass is 339 g/mol. The molecule has 3 amide bonds. The maximum absolute atomic E-state index is 12.5. The zero-order chi connectivity index (χ0) is 18.0. The Balaban J connectivity index is 1.85. The fourth-order valence-electron chi connectivity index (χ4n) is 3.72. The van der Waals surface area contributed by atoms with E-state index in [1.54, 1.807) is 7.05 Å². The smallest absolute Gasteiger partial charge is 0.303 e. The fourth-order valence-corrected chi connectivity index (χ4v) is 3.72. The van der Waals surface area contributed by atoms with Gasteiger partial charge in [0.15, 0.2) is 12.2 Å². The van der Waals surface area contributed by atoms with Crippen LogP contribution in [0.3, 0.4) is 0 Å². The van der Waals surface area contributed by atoms with Crippen LogP contribution in [0, 0.1) is 13.8 Å². The minimum Gasteiger partial charge on any atom is -0.303 e. The van der Waals surface area contributed by atoms with Crippen molar-refractivity contribution in [2.75, 3.05) is 11.9 Å². The second kappa shape index (κ2) is 5.08. The first kappa shape index (κ1) is 15.7. The summed E-state index contributed by atoms with van der Waals surface area (Å²) >= 11 is 0. The topological polar surface area (TPSA) is 68.2 Å². The van der Waals surface area contributed by atoms with Crippen molar-refractivity contribution in [1.82, 2.24) is 15.1 Å². The highest BCUT2D eigenvalue weighted by molar-refractivity contribution is 6.10. The van der Waals surface area contributed by atoms with Crippen LogP contribution in [-0.2, 0) is 4.79 Å². The molecule has 0 aromatic heterocycles. The Labute approximate surface area is 146 Å². The number of nitrogens with zero attached hydrogens (tertiary/aromatic N) is 4. The number of benzene rings is 1. The minimum atomic E-state index is -0.525. The summed E-state index contributed by atoms with van der Waals surface area (Å²) in [6.45, 7) is 8.18. The lowest BCUT2D eigenvalue weighted by Gasteiger charge is -2.35. The molecular formula is C18H21N5O2. The van der Waals surface area contributed by atoms with E-state index in [0.717, 1.165) is 17.1 Å². The molecule has 1 N–H and O–H groups in total. The van der Waals surface area contributed by atoms with Crippen LogP contribution in [0.2, 0.25) is 0 Å². The third kappa shape index (κ3) is 1.95. The normalized spacial score (nSPS) is 25.3. The van der Waals surface area contributed by atoms with Gasteiger partial charge in [0.1, 0.15) is 0 Å². The van der Waals surface area contributed by atoms with E-state index in [-0.39, 0.29) is 5.91 Å². The standard InChI is InChI=1S/C18H21N5O2/c1-9-7-6-8-13(10(9)2)22-11(3)12(4)23-14-15(19-17(22)23)21(5)18(25)20-16(14)24/h6-8,14-15H,1-5H3,(H,20,24,25). The molecule has 4 rings (SSSR count). The Bertz CT molecular complexity index is 872. The molecular weight excluding hydrogens is 318 g/mol. The predicted octanol–water partition coefficient (Wildman–Crippen LogP) is 1.92. The lowest BCUT2D eigenvalue weighted by atomic mass is 10.1. The summed E-state index contributed by atoms with van der Waals surface area (Å²) in [7, 11) is 1.67. The quantitative estimate of drug-likeness (QED) is 0.849. The number of urea groups is 1. The van der Waals surface area contributed by atoms with E-state index in [2.05, 4.69) is 36.2 Å². The van der Waals surface area contributed by atoms with Crippen molar-refractivity contribution in [3.8, 4) is 0 Å². The van der Waals surface area contributed by atoms with Crippen LogP contribution in [-0.4, -0.2) is 47.0 Å². The SMILES string of the molecule is CC1=C(C)N2C(=NC3C2C(=O)NC(=O)N3C)N1c1cccc(C)c1C. The largest absolute Gasteiger partial charge is 0.325 e. The van der Waals surface area contributed by atoms with Gasteiger partial charge >= 0.3 is 6.03 Å². The summed E-state index contributed by atoms with van der Waals surface area (Å²) < 4.78 is 0. The van der Waals surface area contributed by atoms with Crippen molar-refractivity contribution in [1.29, 1.82) is 0 Å². The molecule has 3 aliphatic heterocycles. The number of likely N-dealkylation sites (N-methyl/N-ethyl adjacent to an activating group) is 1. The second-order valence-corrected chi connectivity index (χ2v) is 6.79. The van der Waals surface area contributed by atoms with E-state index in [4.69, 9.17) is 4.99 Å². The molecule has 0 radical (unpaired) electrons. The summed E-state index contributed by atoms with van der Waals surface area (Å²) in [6, 6.07) is 5.22. The third-order valence-corrected chi connectivity index (χ3v) is 5.48. The number of carbonyl (C=O) groups is 2. The first-order valence-corrected chi connectivity index (χ1v) is 8.31. The molecule has 0 bridgehead atoms. The fraction of sp³-hybridized carbons (Fsp3) is 0.389. The molecule has 1 aromatic carbocycles. The molecule has 0 aliphatic carbocycles. The minimum absolute atomic E-state index is 0.304. The molecule has 7 heteroatoms. The average molecular weight is 339 g/mol. The third-order valence-electron chi connectivity index (χ3n) is 5.48. The maximum atomic E-state index is 12.5. The molecule has 1 fully saturated rings. The number of allylic oxidation sites excluding steroid dienone is 2. The lowest BCUT2D eigenvalue weighted by Crippen LogP contribution is -2.63. The van der Waals surface area contributed by atoms with Gasteiger partial charge in [-0.2, -0.15) is 0 Å². The lowest BCUT2D eigenvalue weighted by molar-refractivity contribution is -0.126. The molecule has 2 unspecified atom stereocenters. The number of carbonyl (C=O) groups excluding carboxylic acids is 2. The number of anilines is 1. The van der Waals surface area contributed by atoms with Crippen molar-refractivity contribution in [3.05, 3.63) is 40.7 Å². The van der Waals surface area contributed by atoms with Gasteiger partial charge in [0, 0.05) is 18.4 Å². The van der Waals surface area contributed by atoms with Gasteiger partial charge in [-0.3, -0.25) is 19.9 Å². The zero-order valence-corrected chi connectivity index (χ0v) is 15.0. The van der Waals surface area contributed by atoms with Gasteiger partial charge in [-0.1, -0.05) is 12.1 Å². The number of hydrogen-bond donors (Lipinski definition) is 1. The van der Waals surface area contributed by atoms with Crippen molar-refractivity contribution >= 4 is 23.6 Å². The number of aliphatic imine (C=N–C) groups is 1. The Hall–Kier alpha value is -2.83.